The Hall–Kier alpha value is -2.09. The van der Waals surface area contributed by atoms with E-state index in [1.165, 1.54) is 4.09 Å². The number of halogens is 2. The fourth-order valence-electron chi connectivity index (χ4n) is 2.81. The molecule has 3 aromatic rings. The molecule has 7 nitrogen and oxygen atoms in total. The normalized spacial score (nSPS) is 11.3. The summed E-state index contributed by atoms with van der Waals surface area (Å²) < 4.78 is 1.42. The van der Waals surface area contributed by atoms with E-state index < -0.39 is 0 Å². The summed E-state index contributed by atoms with van der Waals surface area (Å²) in [7, 11) is 0. The van der Waals surface area contributed by atoms with Crippen molar-refractivity contribution in [1.82, 2.24) is 23.9 Å². The van der Waals surface area contributed by atoms with Gasteiger partial charge in [-0.1, -0.05) is 31.5 Å². The van der Waals surface area contributed by atoms with Crippen LogP contribution < -0.4 is 10.6 Å². The number of aromatic nitrogens is 4. The van der Waals surface area contributed by atoms with Crippen molar-refractivity contribution in [3.8, 4) is 0 Å². The van der Waals surface area contributed by atoms with Crippen molar-refractivity contribution in [1.29, 1.82) is 0 Å². The molecule has 0 amide bonds. The molecular weight excluding hydrogens is 385 g/mol. The van der Waals surface area contributed by atoms with Crippen molar-refractivity contribution in [2.75, 3.05) is 36.8 Å². The molecule has 2 N–H and O–H groups in total. The molecule has 0 radical (unpaired) electrons. The molecule has 0 atom stereocenters. The maximum Gasteiger partial charge on any atom is 0.231 e. The molecule has 0 spiro atoms. The molecule has 144 valence electrons. The maximum atomic E-state index is 6.37. The standard InChI is InChI=1S/C18H23Cl2N7/c1-4-26(5-2)10-9-21-15-11-12(3)22-17(23-15)25-18-24-16-13(19)7-6-8-14(16)27(18)20/h6-8,11H,4-5,9-10H2,1-3H3,(H2,21,22,23,24,25). The second-order valence-corrected chi connectivity index (χ2v) is 6.87. The number of benzene rings is 1. The zero-order valence-corrected chi connectivity index (χ0v) is 17.1. The van der Waals surface area contributed by atoms with Crippen LogP contribution in [0.3, 0.4) is 0 Å². The molecule has 0 aliphatic carbocycles. The lowest BCUT2D eigenvalue weighted by molar-refractivity contribution is 0.316. The Morgan fingerprint density at radius 1 is 1.15 bits per heavy atom. The highest BCUT2D eigenvalue weighted by atomic mass is 35.5. The first-order valence-corrected chi connectivity index (χ1v) is 9.65. The summed E-state index contributed by atoms with van der Waals surface area (Å²) in [6.07, 6.45) is 0. The van der Waals surface area contributed by atoms with Crippen molar-refractivity contribution < 1.29 is 0 Å². The highest BCUT2D eigenvalue weighted by molar-refractivity contribution is 6.35. The van der Waals surface area contributed by atoms with Crippen molar-refractivity contribution in [3.05, 3.63) is 35.0 Å². The summed E-state index contributed by atoms with van der Waals surface area (Å²) in [5.41, 5.74) is 2.19. The minimum atomic E-state index is 0.416. The van der Waals surface area contributed by atoms with Gasteiger partial charge in [-0.05, 0) is 32.1 Å². The number of likely N-dealkylation sites (N-methyl/N-ethyl adjacent to an activating group) is 1. The highest BCUT2D eigenvalue weighted by Gasteiger charge is 2.13. The van der Waals surface area contributed by atoms with Gasteiger partial charge in [-0.3, -0.25) is 5.32 Å². The Kier molecular flexibility index (Phi) is 6.36. The van der Waals surface area contributed by atoms with E-state index in [0.29, 0.717) is 22.4 Å². The quantitative estimate of drug-likeness (QED) is 0.580. The number of nitrogens with one attached hydrogen (secondary N) is 2. The zero-order valence-electron chi connectivity index (χ0n) is 15.6. The van der Waals surface area contributed by atoms with Gasteiger partial charge in [0.25, 0.3) is 0 Å². The number of rotatable bonds is 8. The molecule has 27 heavy (non-hydrogen) atoms. The molecular formula is C18H23Cl2N7. The van der Waals surface area contributed by atoms with Crippen LogP contribution in [0.25, 0.3) is 11.0 Å². The Morgan fingerprint density at radius 2 is 1.93 bits per heavy atom. The van der Waals surface area contributed by atoms with Crippen LogP contribution in [0.2, 0.25) is 5.02 Å². The lowest BCUT2D eigenvalue weighted by atomic mass is 10.3. The summed E-state index contributed by atoms with van der Waals surface area (Å²) in [5, 5.41) is 6.97. The van der Waals surface area contributed by atoms with E-state index in [-0.39, 0.29) is 0 Å². The third-order valence-corrected chi connectivity index (χ3v) is 4.93. The minimum absolute atomic E-state index is 0.416. The number of nitrogens with zero attached hydrogens (tertiary/aromatic N) is 5. The molecule has 0 aliphatic rings. The third-order valence-electron chi connectivity index (χ3n) is 4.29. The lowest BCUT2D eigenvalue weighted by Crippen LogP contribution is -2.28. The summed E-state index contributed by atoms with van der Waals surface area (Å²) in [5.74, 6) is 1.60. The molecule has 9 heteroatoms. The minimum Gasteiger partial charge on any atom is -0.369 e. The molecule has 0 unspecified atom stereocenters. The SMILES string of the molecule is CCN(CC)CCNc1cc(C)nc(Nc2nc3c(Cl)cccc3n2Cl)n1. The topological polar surface area (TPSA) is 70.9 Å². The monoisotopic (exact) mass is 407 g/mol. The van der Waals surface area contributed by atoms with Crippen LogP contribution in [0.15, 0.2) is 24.3 Å². The van der Waals surface area contributed by atoms with Gasteiger partial charge < -0.3 is 10.2 Å². The van der Waals surface area contributed by atoms with Gasteiger partial charge in [0.05, 0.1) is 10.5 Å². The van der Waals surface area contributed by atoms with Crippen LogP contribution in [-0.2, 0) is 0 Å². The predicted molar refractivity (Wildman–Crippen MR) is 112 cm³/mol. The predicted octanol–water partition coefficient (Wildman–Crippen LogP) is 4.29. The smallest absolute Gasteiger partial charge is 0.231 e. The second kappa shape index (κ2) is 8.73. The number of hydrogen-bond donors (Lipinski definition) is 2. The number of hydrogen-bond acceptors (Lipinski definition) is 6. The third kappa shape index (κ3) is 4.61. The van der Waals surface area contributed by atoms with Gasteiger partial charge in [0.2, 0.25) is 11.9 Å². The Morgan fingerprint density at radius 3 is 2.63 bits per heavy atom. The molecule has 0 aliphatic heterocycles. The van der Waals surface area contributed by atoms with E-state index >= 15 is 0 Å². The Bertz CT molecular complexity index is 921. The van der Waals surface area contributed by atoms with Crippen LogP contribution >= 0.6 is 23.4 Å². The maximum absolute atomic E-state index is 6.37. The van der Waals surface area contributed by atoms with E-state index in [1.54, 1.807) is 6.07 Å². The largest absolute Gasteiger partial charge is 0.369 e. The first-order valence-electron chi connectivity index (χ1n) is 8.93. The summed E-state index contributed by atoms with van der Waals surface area (Å²) >= 11 is 12.6. The van der Waals surface area contributed by atoms with Crippen LogP contribution in [-0.4, -0.2) is 50.1 Å². The highest BCUT2D eigenvalue weighted by Crippen LogP contribution is 2.28. The summed E-state index contributed by atoms with van der Waals surface area (Å²) in [6, 6.07) is 7.37. The fraction of sp³-hybridized carbons (Fsp3) is 0.389. The number of anilines is 3. The molecule has 0 bridgehead atoms. The van der Waals surface area contributed by atoms with E-state index in [0.717, 1.165) is 43.2 Å². The van der Waals surface area contributed by atoms with E-state index in [2.05, 4.69) is 44.3 Å². The van der Waals surface area contributed by atoms with Gasteiger partial charge in [0.15, 0.2) is 0 Å². The van der Waals surface area contributed by atoms with Gasteiger partial charge >= 0.3 is 0 Å². The van der Waals surface area contributed by atoms with Gasteiger partial charge in [-0.2, -0.15) is 4.98 Å². The molecule has 2 aromatic heterocycles. The van der Waals surface area contributed by atoms with E-state index in [4.69, 9.17) is 23.4 Å². The van der Waals surface area contributed by atoms with Crippen LogP contribution in [0.1, 0.15) is 19.5 Å². The molecule has 3 rings (SSSR count). The van der Waals surface area contributed by atoms with Crippen LogP contribution in [0.5, 0.6) is 0 Å². The van der Waals surface area contributed by atoms with Crippen LogP contribution in [0, 0.1) is 6.92 Å². The molecule has 0 fully saturated rings. The average molecular weight is 408 g/mol. The zero-order chi connectivity index (χ0) is 19.4. The van der Waals surface area contributed by atoms with Crippen molar-refractivity contribution in [3.63, 3.8) is 0 Å². The van der Waals surface area contributed by atoms with E-state index in [9.17, 15) is 0 Å². The molecule has 2 heterocycles. The van der Waals surface area contributed by atoms with E-state index in [1.807, 2.05) is 25.1 Å². The Balaban J connectivity index is 1.77. The van der Waals surface area contributed by atoms with Crippen molar-refractivity contribution in [2.24, 2.45) is 0 Å². The van der Waals surface area contributed by atoms with Gasteiger partial charge in [-0.15, -0.1) is 0 Å². The second-order valence-electron chi connectivity index (χ2n) is 6.12. The number of imidazole rings is 1. The first kappa shape index (κ1) is 19.7. The number of aryl methyl sites for hydroxylation is 1. The molecule has 0 saturated carbocycles. The summed E-state index contributed by atoms with van der Waals surface area (Å²) in [6.45, 7) is 10.1. The molecule has 1 aromatic carbocycles. The molecule has 0 saturated heterocycles. The lowest BCUT2D eigenvalue weighted by Gasteiger charge is -2.18. The van der Waals surface area contributed by atoms with Crippen molar-refractivity contribution >= 4 is 52.1 Å². The summed E-state index contributed by atoms with van der Waals surface area (Å²) in [4.78, 5) is 15.7. The average Bonchev–Trinajstić information content (AvgIpc) is 2.96. The van der Waals surface area contributed by atoms with Gasteiger partial charge in [0, 0.05) is 36.6 Å². The number of para-hydroxylation sites is 1. The van der Waals surface area contributed by atoms with Gasteiger partial charge in [0.1, 0.15) is 11.3 Å². The first-order chi connectivity index (χ1) is 13.0. The Labute approximate surface area is 168 Å². The number of fused-ring (bicyclic) bond motifs is 1. The van der Waals surface area contributed by atoms with Crippen LogP contribution in [0.4, 0.5) is 17.7 Å². The van der Waals surface area contributed by atoms with Crippen molar-refractivity contribution in [2.45, 2.75) is 20.8 Å². The fourth-order valence-corrected chi connectivity index (χ4v) is 3.24. The van der Waals surface area contributed by atoms with Gasteiger partial charge in [-0.25, -0.2) is 14.1 Å².